The van der Waals surface area contributed by atoms with Gasteiger partial charge in [0.1, 0.15) is 0 Å². The van der Waals surface area contributed by atoms with Gasteiger partial charge >= 0.3 is 7.82 Å². The molecular formula is C14H27Br4O6P. The van der Waals surface area contributed by atoms with E-state index in [4.69, 9.17) is 9.05 Å². The Morgan fingerprint density at radius 2 is 1.04 bits per heavy atom. The summed E-state index contributed by atoms with van der Waals surface area (Å²) in [6, 6.07) is 0. The fourth-order valence-electron chi connectivity index (χ4n) is 2.13. The summed E-state index contributed by atoms with van der Waals surface area (Å²) in [6.07, 6.45) is 0. The van der Waals surface area contributed by atoms with Gasteiger partial charge in [-0.2, -0.15) is 0 Å². The minimum absolute atomic E-state index is 0.180. The van der Waals surface area contributed by atoms with Crippen molar-refractivity contribution in [3.05, 3.63) is 0 Å². The average molecular weight is 642 g/mol. The lowest BCUT2D eigenvalue weighted by Gasteiger charge is -2.39. The van der Waals surface area contributed by atoms with E-state index in [-0.39, 0.29) is 45.7 Å². The molecule has 0 aliphatic rings. The summed E-state index contributed by atoms with van der Waals surface area (Å²) in [4.78, 5) is 9.33. The standard InChI is InChI=1S/C14H27Br4O6P/c1-9(15)13(5-19,10(2)16)7-23-25(21,22)24-8-14(6-20,11(3)17)12(4)18/h9-12,19-20H,5-8H2,1-4H3,(H,21,22). The maximum atomic E-state index is 12.3. The Morgan fingerprint density at radius 3 is 1.20 bits per heavy atom. The molecule has 0 aromatic heterocycles. The van der Waals surface area contributed by atoms with Gasteiger partial charge in [-0.3, -0.25) is 9.05 Å². The zero-order valence-corrected chi connectivity index (χ0v) is 21.9. The van der Waals surface area contributed by atoms with Crippen LogP contribution in [-0.4, -0.2) is 60.8 Å². The van der Waals surface area contributed by atoms with Gasteiger partial charge in [-0.05, 0) is 0 Å². The lowest BCUT2D eigenvalue weighted by Crippen LogP contribution is -2.45. The van der Waals surface area contributed by atoms with Crippen LogP contribution in [0.3, 0.4) is 0 Å². The second kappa shape index (κ2) is 11.2. The van der Waals surface area contributed by atoms with Crippen molar-refractivity contribution in [1.82, 2.24) is 0 Å². The van der Waals surface area contributed by atoms with Gasteiger partial charge in [-0.1, -0.05) is 91.4 Å². The molecule has 11 heteroatoms. The van der Waals surface area contributed by atoms with Gasteiger partial charge in [-0.15, -0.1) is 0 Å². The molecule has 0 saturated carbocycles. The minimum atomic E-state index is -4.38. The molecule has 0 spiro atoms. The van der Waals surface area contributed by atoms with E-state index in [1.54, 1.807) is 0 Å². The van der Waals surface area contributed by atoms with Gasteiger partial charge in [0.15, 0.2) is 0 Å². The largest absolute Gasteiger partial charge is 0.472 e. The number of aliphatic hydroxyl groups excluding tert-OH is 2. The first-order valence-corrected chi connectivity index (χ1v) is 12.9. The summed E-state index contributed by atoms with van der Waals surface area (Å²) in [5.41, 5.74) is -1.61. The fourth-order valence-corrected chi connectivity index (χ4v) is 6.41. The summed E-state index contributed by atoms with van der Waals surface area (Å²) in [6.45, 7) is 6.46. The van der Waals surface area contributed by atoms with E-state index in [0.717, 1.165) is 0 Å². The molecule has 6 nitrogen and oxygen atoms in total. The minimum Gasteiger partial charge on any atom is -0.396 e. The highest BCUT2D eigenvalue weighted by molar-refractivity contribution is 9.10. The molecular weight excluding hydrogens is 615 g/mol. The number of phosphoric ester groups is 1. The lowest BCUT2D eigenvalue weighted by atomic mass is 9.84. The topological polar surface area (TPSA) is 96.2 Å². The highest BCUT2D eigenvalue weighted by atomic mass is 79.9. The van der Waals surface area contributed by atoms with Gasteiger partial charge in [0.2, 0.25) is 0 Å². The summed E-state index contributed by atoms with van der Waals surface area (Å²) in [7, 11) is -4.38. The predicted molar refractivity (Wildman–Crippen MR) is 114 cm³/mol. The molecule has 0 amide bonds. The molecule has 0 fully saturated rings. The quantitative estimate of drug-likeness (QED) is 0.218. The highest BCUT2D eigenvalue weighted by Gasteiger charge is 2.44. The second-order valence-electron chi connectivity index (χ2n) is 6.26. The Bertz CT molecular complexity index is 395. The molecule has 0 bridgehead atoms. The number of hydrogen-bond donors (Lipinski definition) is 3. The van der Waals surface area contributed by atoms with Crippen molar-refractivity contribution in [2.45, 2.75) is 47.0 Å². The summed E-state index contributed by atoms with van der Waals surface area (Å²) < 4.78 is 22.6. The van der Waals surface area contributed by atoms with Gasteiger partial charge in [-0.25, -0.2) is 4.57 Å². The van der Waals surface area contributed by atoms with Crippen molar-refractivity contribution < 1.29 is 28.7 Å². The Kier molecular flexibility index (Phi) is 12.1. The van der Waals surface area contributed by atoms with Gasteiger partial charge in [0, 0.05) is 30.1 Å². The van der Waals surface area contributed by atoms with E-state index in [9.17, 15) is 19.7 Å². The first-order chi connectivity index (χ1) is 11.3. The SMILES string of the molecule is CC(Br)C(CO)(COP(=O)(O)OCC(CO)(C(C)Br)C(C)Br)C(C)Br. The molecule has 4 atom stereocenters. The van der Waals surface area contributed by atoms with Crippen molar-refractivity contribution in [2.75, 3.05) is 26.4 Å². The van der Waals surface area contributed by atoms with Gasteiger partial charge in [0.25, 0.3) is 0 Å². The number of alkyl halides is 4. The first-order valence-electron chi connectivity index (χ1n) is 7.71. The van der Waals surface area contributed by atoms with Crippen LogP contribution >= 0.6 is 71.5 Å². The maximum Gasteiger partial charge on any atom is 0.472 e. The molecule has 0 saturated heterocycles. The van der Waals surface area contributed by atoms with E-state index in [0.29, 0.717) is 0 Å². The summed E-state index contributed by atoms with van der Waals surface area (Å²) >= 11 is 13.7. The predicted octanol–water partition coefficient (Wildman–Crippen LogP) is 4.21. The van der Waals surface area contributed by atoms with Crippen LogP contribution in [-0.2, 0) is 13.6 Å². The van der Waals surface area contributed by atoms with Crippen LogP contribution in [0.4, 0.5) is 0 Å². The van der Waals surface area contributed by atoms with Crippen LogP contribution in [0.2, 0.25) is 0 Å². The van der Waals surface area contributed by atoms with E-state index >= 15 is 0 Å². The molecule has 0 heterocycles. The average Bonchev–Trinajstić information content (AvgIpc) is 2.47. The number of hydrogen-bond acceptors (Lipinski definition) is 5. The molecule has 25 heavy (non-hydrogen) atoms. The second-order valence-corrected chi connectivity index (χ2v) is 13.2. The summed E-state index contributed by atoms with van der Waals surface area (Å²) in [5, 5.41) is 19.5. The van der Waals surface area contributed by atoms with Crippen LogP contribution in [0, 0.1) is 10.8 Å². The highest BCUT2D eigenvalue weighted by Crippen LogP contribution is 2.49. The number of aliphatic hydroxyl groups is 2. The number of rotatable bonds is 12. The molecule has 0 aliphatic heterocycles. The molecule has 0 radical (unpaired) electrons. The van der Waals surface area contributed by atoms with Crippen molar-refractivity contribution in [3.63, 3.8) is 0 Å². The van der Waals surface area contributed by atoms with E-state index < -0.39 is 18.7 Å². The molecule has 0 aromatic carbocycles. The lowest BCUT2D eigenvalue weighted by molar-refractivity contribution is 0.0227. The van der Waals surface area contributed by atoms with Crippen molar-refractivity contribution in [3.8, 4) is 0 Å². The zero-order valence-electron chi connectivity index (χ0n) is 14.7. The first kappa shape index (κ1) is 27.0. The summed E-state index contributed by atoms with van der Waals surface area (Å²) in [5.74, 6) is 0. The van der Waals surface area contributed by atoms with E-state index in [1.807, 2.05) is 27.7 Å². The number of halogens is 4. The Morgan fingerprint density at radius 1 is 0.800 bits per heavy atom. The van der Waals surface area contributed by atoms with Crippen LogP contribution in [0.15, 0.2) is 0 Å². The fraction of sp³-hybridized carbons (Fsp3) is 1.00. The van der Waals surface area contributed by atoms with Crippen molar-refractivity contribution in [2.24, 2.45) is 10.8 Å². The Hall–Kier alpha value is 1.95. The Labute approximate surface area is 183 Å². The third-order valence-electron chi connectivity index (χ3n) is 4.75. The monoisotopic (exact) mass is 638 g/mol. The van der Waals surface area contributed by atoms with Crippen LogP contribution in [0.5, 0.6) is 0 Å². The molecule has 3 N–H and O–H groups in total. The molecule has 152 valence electrons. The van der Waals surface area contributed by atoms with Gasteiger partial charge in [0.05, 0.1) is 26.4 Å². The van der Waals surface area contributed by atoms with E-state index in [2.05, 4.69) is 63.7 Å². The number of phosphoric acid groups is 1. The molecule has 4 unspecified atom stereocenters. The molecule has 0 aliphatic carbocycles. The van der Waals surface area contributed by atoms with Crippen molar-refractivity contribution in [1.29, 1.82) is 0 Å². The molecule has 0 rings (SSSR count). The third-order valence-corrected chi connectivity index (χ3v) is 9.31. The van der Waals surface area contributed by atoms with Crippen LogP contribution < -0.4 is 0 Å². The van der Waals surface area contributed by atoms with Crippen LogP contribution in [0.1, 0.15) is 27.7 Å². The normalized spacial score (nSPS) is 24.4. The Balaban J connectivity index is 5.14. The zero-order chi connectivity index (χ0) is 20.1. The maximum absolute atomic E-state index is 12.3. The third kappa shape index (κ3) is 7.05. The van der Waals surface area contributed by atoms with Crippen molar-refractivity contribution >= 4 is 71.5 Å². The molecule has 0 aromatic rings. The smallest absolute Gasteiger partial charge is 0.396 e. The van der Waals surface area contributed by atoms with Gasteiger partial charge < -0.3 is 15.1 Å². The van der Waals surface area contributed by atoms with E-state index in [1.165, 1.54) is 0 Å². The van der Waals surface area contributed by atoms with Crippen LogP contribution in [0.25, 0.3) is 0 Å².